The molecule has 0 radical (unpaired) electrons. The topological polar surface area (TPSA) is 25.2 Å². The summed E-state index contributed by atoms with van der Waals surface area (Å²) < 4.78 is 5.98. The predicted octanol–water partition coefficient (Wildman–Crippen LogP) is 4.96. The van der Waals surface area contributed by atoms with Crippen LogP contribution in [-0.4, -0.2) is 0 Å². The van der Waals surface area contributed by atoms with Gasteiger partial charge in [0.25, 0.3) is 0 Å². The van der Waals surface area contributed by atoms with Crippen LogP contribution in [0.15, 0.2) is 39.4 Å². The number of benzene rings is 1. The molecule has 1 aromatic carbocycles. The smallest absolute Gasteiger partial charge is 0.122 e. The molecule has 0 bridgehead atoms. The van der Waals surface area contributed by atoms with Gasteiger partial charge in [-0.25, -0.2) is 0 Å². The number of nitrogens with one attached hydrogen (secondary N) is 1. The Morgan fingerprint density at radius 1 is 1.19 bits per heavy atom. The number of hydrogen-bond donors (Lipinski definition) is 1. The summed E-state index contributed by atoms with van der Waals surface area (Å²) in [4.78, 5) is 0. The van der Waals surface area contributed by atoms with E-state index in [4.69, 9.17) is 27.6 Å². The molecule has 0 fully saturated rings. The van der Waals surface area contributed by atoms with Crippen molar-refractivity contribution < 1.29 is 4.42 Å². The van der Waals surface area contributed by atoms with Crippen LogP contribution >= 0.6 is 39.1 Å². The second kappa shape index (κ2) is 5.13. The van der Waals surface area contributed by atoms with E-state index < -0.39 is 0 Å². The van der Waals surface area contributed by atoms with Gasteiger partial charge in [-0.15, -0.1) is 0 Å². The molecule has 16 heavy (non-hydrogen) atoms. The largest absolute Gasteiger partial charge is 0.467 e. The van der Waals surface area contributed by atoms with E-state index in [0.29, 0.717) is 16.6 Å². The summed E-state index contributed by atoms with van der Waals surface area (Å²) >= 11 is 15.4. The van der Waals surface area contributed by atoms with E-state index >= 15 is 0 Å². The quantitative estimate of drug-likeness (QED) is 0.808. The molecule has 1 heterocycles. The normalized spacial score (nSPS) is 10.4. The number of rotatable bonds is 3. The zero-order valence-electron chi connectivity index (χ0n) is 8.14. The van der Waals surface area contributed by atoms with Gasteiger partial charge in [0.15, 0.2) is 0 Å². The van der Waals surface area contributed by atoms with Crippen LogP contribution in [0.25, 0.3) is 0 Å². The number of anilines is 1. The SMILES string of the molecule is Clc1c(Br)ccc(NCc2ccco2)c1Cl. The Labute approximate surface area is 112 Å². The van der Waals surface area contributed by atoms with Gasteiger partial charge in [0.05, 0.1) is 28.5 Å². The zero-order chi connectivity index (χ0) is 11.5. The molecule has 0 aliphatic heterocycles. The fourth-order valence-corrected chi connectivity index (χ4v) is 2.10. The lowest BCUT2D eigenvalue weighted by molar-refractivity contribution is 0.518. The van der Waals surface area contributed by atoms with Crippen molar-refractivity contribution in [3.63, 3.8) is 0 Å². The summed E-state index contributed by atoms with van der Waals surface area (Å²) in [6, 6.07) is 7.44. The number of halogens is 3. The molecule has 0 unspecified atom stereocenters. The van der Waals surface area contributed by atoms with E-state index in [-0.39, 0.29) is 0 Å². The minimum atomic E-state index is 0.502. The Kier molecular flexibility index (Phi) is 3.79. The van der Waals surface area contributed by atoms with E-state index in [1.807, 2.05) is 24.3 Å². The Morgan fingerprint density at radius 3 is 2.69 bits per heavy atom. The molecule has 2 nitrogen and oxygen atoms in total. The molecule has 2 rings (SSSR count). The van der Waals surface area contributed by atoms with Gasteiger partial charge in [0, 0.05) is 4.47 Å². The average molecular weight is 321 g/mol. The van der Waals surface area contributed by atoms with Gasteiger partial charge < -0.3 is 9.73 Å². The fourth-order valence-electron chi connectivity index (χ4n) is 1.26. The average Bonchev–Trinajstić information content (AvgIpc) is 2.78. The summed E-state index contributed by atoms with van der Waals surface area (Å²) in [5, 5.41) is 4.16. The van der Waals surface area contributed by atoms with Crippen molar-refractivity contribution in [1.82, 2.24) is 0 Å². The van der Waals surface area contributed by atoms with Crippen molar-refractivity contribution >= 4 is 44.8 Å². The van der Waals surface area contributed by atoms with Gasteiger partial charge in [-0.3, -0.25) is 0 Å². The standard InChI is InChI=1S/C11H8BrCl2NO/c12-8-3-4-9(11(14)10(8)13)15-6-7-2-1-5-16-7/h1-5,15H,6H2. The minimum absolute atomic E-state index is 0.502. The highest BCUT2D eigenvalue weighted by Crippen LogP contribution is 2.35. The van der Waals surface area contributed by atoms with Gasteiger partial charge in [-0.05, 0) is 40.2 Å². The summed E-state index contributed by atoms with van der Waals surface area (Å²) in [6.07, 6.45) is 1.63. The monoisotopic (exact) mass is 319 g/mol. The maximum atomic E-state index is 6.08. The van der Waals surface area contributed by atoms with Crippen molar-refractivity contribution in [3.8, 4) is 0 Å². The molecule has 0 saturated carbocycles. The molecule has 0 aliphatic rings. The molecule has 5 heteroatoms. The fraction of sp³-hybridized carbons (Fsp3) is 0.0909. The lowest BCUT2D eigenvalue weighted by Gasteiger charge is -2.08. The molecule has 0 spiro atoms. The summed E-state index contributed by atoms with van der Waals surface area (Å²) in [5.74, 6) is 0.843. The Bertz CT molecular complexity index is 485. The highest BCUT2D eigenvalue weighted by molar-refractivity contribution is 9.10. The van der Waals surface area contributed by atoms with Crippen molar-refractivity contribution in [1.29, 1.82) is 0 Å². The third-order valence-electron chi connectivity index (χ3n) is 2.07. The Morgan fingerprint density at radius 2 is 2.00 bits per heavy atom. The first-order chi connectivity index (χ1) is 7.68. The highest BCUT2D eigenvalue weighted by Gasteiger charge is 2.08. The van der Waals surface area contributed by atoms with Crippen LogP contribution in [0, 0.1) is 0 Å². The van der Waals surface area contributed by atoms with Gasteiger partial charge in [0.1, 0.15) is 5.76 Å². The van der Waals surface area contributed by atoms with Crippen LogP contribution in [0.4, 0.5) is 5.69 Å². The van der Waals surface area contributed by atoms with Gasteiger partial charge >= 0.3 is 0 Å². The van der Waals surface area contributed by atoms with Crippen molar-refractivity contribution in [2.45, 2.75) is 6.54 Å². The van der Waals surface area contributed by atoms with E-state index in [1.54, 1.807) is 6.26 Å². The van der Waals surface area contributed by atoms with Crippen LogP contribution in [0.5, 0.6) is 0 Å². The van der Waals surface area contributed by atoms with Crippen LogP contribution in [0.3, 0.4) is 0 Å². The van der Waals surface area contributed by atoms with Gasteiger partial charge in [0.2, 0.25) is 0 Å². The van der Waals surface area contributed by atoms with Gasteiger partial charge in [-0.2, -0.15) is 0 Å². The zero-order valence-corrected chi connectivity index (χ0v) is 11.2. The van der Waals surface area contributed by atoms with Crippen molar-refractivity contribution in [2.75, 3.05) is 5.32 Å². The molecular formula is C11H8BrCl2NO. The van der Waals surface area contributed by atoms with Crippen molar-refractivity contribution in [2.24, 2.45) is 0 Å². The highest BCUT2D eigenvalue weighted by atomic mass is 79.9. The second-order valence-corrected chi connectivity index (χ2v) is 4.77. The van der Waals surface area contributed by atoms with E-state index in [1.165, 1.54) is 0 Å². The van der Waals surface area contributed by atoms with E-state index in [9.17, 15) is 0 Å². The summed E-state index contributed by atoms with van der Waals surface area (Å²) in [7, 11) is 0. The van der Waals surface area contributed by atoms with Crippen LogP contribution in [0.2, 0.25) is 10.0 Å². The first-order valence-electron chi connectivity index (χ1n) is 4.58. The molecule has 2 aromatic rings. The third kappa shape index (κ3) is 2.54. The molecule has 1 N–H and O–H groups in total. The predicted molar refractivity (Wildman–Crippen MR) is 70.2 cm³/mol. The summed E-state index contributed by atoms with van der Waals surface area (Å²) in [6.45, 7) is 0.574. The molecule has 0 saturated heterocycles. The van der Waals surface area contributed by atoms with E-state index in [0.717, 1.165) is 15.9 Å². The van der Waals surface area contributed by atoms with Crippen LogP contribution < -0.4 is 5.32 Å². The molecule has 0 amide bonds. The lowest BCUT2D eigenvalue weighted by atomic mass is 10.3. The van der Waals surface area contributed by atoms with E-state index in [2.05, 4.69) is 21.2 Å². The number of furan rings is 1. The molecular weight excluding hydrogens is 313 g/mol. The van der Waals surface area contributed by atoms with Crippen LogP contribution in [0.1, 0.15) is 5.76 Å². The Balaban J connectivity index is 2.13. The summed E-state index contributed by atoms with van der Waals surface area (Å²) in [5.41, 5.74) is 0.784. The van der Waals surface area contributed by atoms with Crippen LogP contribution in [-0.2, 0) is 6.54 Å². The molecule has 1 aromatic heterocycles. The lowest BCUT2D eigenvalue weighted by Crippen LogP contribution is -1.98. The molecule has 0 aliphatic carbocycles. The first kappa shape index (κ1) is 11.8. The minimum Gasteiger partial charge on any atom is -0.467 e. The number of hydrogen-bond acceptors (Lipinski definition) is 2. The van der Waals surface area contributed by atoms with Gasteiger partial charge in [-0.1, -0.05) is 23.2 Å². The Hall–Kier alpha value is -0.640. The second-order valence-electron chi connectivity index (χ2n) is 3.16. The first-order valence-corrected chi connectivity index (χ1v) is 6.13. The maximum Gasteiger partial charge on any atom is 0.122 e. The third-order valence-corrected chi connectivity index (χ3v) is 3.84. The maximum absolute atomic E-state index is 6.08. The van der Waals surface area contributed by atoms with Crippen molar-refractivity contribution in [3.05, 3.63) is 50.8 Å². The molecule has 0 atom stereocenters. The molecule has 84 valence electrons.